The van der Waals surface area contributed by atoms with E-state index in [2.05, 4.69) is 17.9 Å². The van der Waals surface area contributed by atoms with Gasteiger partial charge >= 0.3 is 11.9 Å². The molecule has 1 N–H and O–H groups in total. The Morgan fingerprint density at radius 2 is 2.08 bits per heavy atom. The van der Waals surface area contributed by atoms with E-state index in [0.29, 0.717) is 6.42 Å². The summed E-state index contributed by atoms with van der Waals surface area (Å²) >= 11 is 0. The molecule has 0 aliphatic carbocycles. The standard InChI is InChI=1S/C9H12O4/c1-3-4-5-13-9(12)7(2)6-8(10)11/h3H,1-2,4-6H2,(H,10,11). The lowest BCUT2D eigenvalue weighted by Gasteiger charge is -2.03. The van der Waals surface area contributed by atoms with Crippen molar-refractivity contribution in [1.82, 2.24) is 0 Å². The summed E-state index contributed by atoms with van der Waals surface area (Å²) in [6, 6.07) is 0. The number of aliphatic carboxylic acids is 1. The Hall–Kier alpha value is -1.58. The molecule has 4 nitrogen and oxygen atoms in total. The number of hydrogen-bond acceptors (Lipinski definition) is 3. The van der Waals surface area contributed by atoms with Crippen LogP contribution in [-0.4, -0.2) is 23.7 Å². The van der Waals surface area contributed by atoms with Crippen LogP contribution in [0.5, 0.6) is 0 Å². The van der Waals surface area contributed by atoms with E-state index in [-0.39, 0.29) is 18.6 Å². The van der Waals surface area contributed by atoms with Gasteiger partial charge in [0.1, 0.15) is 0 Å². The molecule has 0 aliphatic rings. The van der Waals surface area contributed by atoms with Gasteiger partial charge in [0.25, 0.3) is 0 Å². The number of esters is 1. The van der Waals surface area contributed by atoms with Gasteiger partial charge in [-0.3, -0.25) is 4.79 Å². The van der Waals surface area contributed by atoms with Crippen LogP contribution in [0.1, 0.15) is 12.8 Å². The summed E-state index contributed by atoms with van der Waals surface area (Å²) in [5, 5.41) is 8.32. The molecule has 72 valence electrons. The van der Waals surface area contributed by atoms with Crippen LogP contribution in [0.2, 0.25) is 0 Å². The Balaban J connectivity index is 3.76. The summed E-state index contributed by atoms with van der Waals surface area (Å²) in [4.78, 5) is 21.1. The molecular formula is C9H12O4. The second kappa shape index (κ2) is 5.99. The highest BCUT2D eigenvalue weighted by atomic mass is 16.5. The fraction of sp³-hybridized carbons (Fsp3) is 0.333. The highest BCUT2D eigenvalue weighted by molar-refractivity contribution is 5.92. The van der Waals surface area contributed by atoms with E-state index in [1.54, 1.807) is 6.08 Å². The van der Waals surface area contributed by atoms with E-state index in [1.807, 2.05) is 0 Å². The zero-order valence-corrected chi connectivity index (χ0v) is 7.28. The minimum absolute atomic E-state index is 0.0448. The van der Waals surface area contributed by atoms with Crippen molar-refractivity contribution in [3.63, 3.8) is 0 Å². The summed E-state index contributed by atoms with van der Waals surface area (Å²) in [5.74, 6) is -1.75. The average molecular weight is 184 g/mol. The smallest absolute Gasteiger partial charge is 0.334 e. The van der Waals surface area contributed by atoms with Gasteiger partial charge in [0, 0.05) is 5.57 Å². The first-order valence-electron chi connectivity index (χ1n) is 3.75. The highest BCUT2D eigenvalue weighted by Gasteiger charge is 2.11. The number of carbonyl (C=O) groups is 2. The van der Waals surface area contributed by atoms with Crippen molar-refractivity contribution in [2.45, 2.75) is 12.8 Å². The van der Waals surface area contributed by atoms with Crippen LogP contribution in [0.15, 0.2) is 24.8 Å². The van der Waals surface area contributed by atoms with Gasteiger partial charge in [0.05, 0.1) is 13.0 Å². The van der Waals surface area contributed by atoms with Crippen molar-refractivity contribution in [2.24, 2.45) is 0 Å². The number of rotatable bonds is 6. The number of carboxylic acid groups (broad SMARTS) is 1. The van der Waals surface area contributed by atoms with Crippen LogP contribution < -0.4 is 0 Å². The molecule has 0 spiro atoms. The van der Waals surface area contributed by atoms with Crippen LogP contribution >= 0.6 is 0 Å². The first-order valence-corrected chi connectivity index (χ1v) is 3.75. The number of hydrogen-bond donors (Lipinski definition) is 1. The fourth-order valence-corrected chi connectivity index (χ4v) is 0.592. The molecule has 0 aliphatic heterocycles. The van der Waals surface area contributed by atoms with Gasteiger partial charge in [-0.05, 0) is 6.42 Å². The van der Waals surface area contributed by atoms with Crippen LogP contribution in [0.25, 0.3) is 0 Å². The molecule has 0 rings (SSSR count). The lowest BCUT2D eigenvalue weighted by Crippen LogP contribution is -2.11. The number of carboxylic acids is 1. The summed E-state index contributed by atoms with van der Waals surface area (Å²) in [5.41, 5.74) is -0.0448. The summed E-state index contributed by atoms with van der Waals surface area (Å²) < 4.78 is 4.67. The van der Waals surface area contributed by atoms with Gasteiger partial charge in [-0.25, -0.2) is 4.79 Å². The summed E-state index contributed by atoms with van der Waals surface area (Å²) in [6.45, 7) is 6.94. The maximum absolute atomic E-state index is 10.9. The van der Waals surface area contributed by atoms with Crippen molar-refractivity contribution >= 4 is 11.9 Å². The molecular weight excluding hydrogens is 172 g/mol. The number of carbonyl (C=O) groups excluding carboxylic acids is 1. The maximum atomic E-state index is 10.9. The van der Waals surface area contributed by atoms with E-state index in [0.717, 1.165) is 0 Å². The molecule has 0 saturated heterocycles. The predicted molar refractivity (Wildman–Crippen MR) is 47.2 cm³/mol. The van der Waals surface area contributed by atoms with E-state index in [1.165, 1.54) is 0 Å². The molecule has 0 unspecified atom stereocenters. The SMILES string of the molecule is C=CCCOC(=O)C(=C)CC(=O)O. The van der Waals surface area contributed by atoms with Crippen molar-refractivity contribution in [1.29, 1.82) is 0 Å². The van der Waals surface area contributed by atoms with Gasteiger partial charge in [0.2, 0.25) is 0 Å². The van der Waals surface area contributed by atoms with Crippen LogP contribution in [0.4, 0.5) is 0 Å². The van der Waals surface area contributed by atoms with E-state index in [9.17, 15) is 9.59 Å². The molecule has 0 radical (unpaired) electrons. The van der Waals surface area contributed by atoms with Gasteiger partial charge in [-0.1, -0.05) is 12.7 Å². The first-order chi connectivity index (χ1) is 6.07. The molecule has 0 amide bonds. The lowest BCUT2D eigenvalue weighted by atomic mass is 10.2. The zero-order chi connectivity index (χ0) is 10.3. The molecule has 0 bridgehead atoms. The van der Waals surface area contributed by atoms with Crippen molar-refractivity contribution < 1.29 is 19.4 Å². The topological polar surface area (TPSA) is 63.6 Å². The third-order valence-corrected chi connectivity index (χ3v) is 1.21. The third-order valence-electron chi connectivity index (χ3n) is 1.21. The third kappa shape index (κ3) is 5.66. The zero-order valence-electron chi connectivity index (χ0n) is 7.28. The molecule has 0 saturated carbocycles. The predicted octanol–water partition coefficient (Wildman–Crippen LogP) is 1.14. The second-order valence-electron chi connectivity index (χ2n) is 2.39. The molecule has 0 aromatic heterocycles. The first kappa shape index (κ1) is 11.4. The normalized spacial score (nSPS) is 8.92. The molecule has 0 atom stereocenters. The minimum atomic E-state index is -1.09. The minimum Gasteiger partial charge on any atom is -0.481 e. The molecule has 0 aromatic carbocycles. The Morgan fingerprint density at radius 3 is 2.54 bits per heavy atom. The molecule has 4 heteroatoms. The monoisotopic (exact) mass is 184 g/mol. The Labute approximate surface area is 76.5 Å². The Bertz CT molecular complexity index is 230. The Kier molecular flexibility index (Phi) is 5.27. The molecule has 0 aromatic rings. The van der Waals surface area contributed by atoms with Crippen molar-refractivity contribution in [2.75, 3.05) is 6.61 Å². The second-order valence-corrected chi connectivity index (χ2v) is 2.39. The molecule has 0 fully saturated rings. The molecule has 0 heterocycles. The van der Waals surface area contributed by atoms with Gasteiger partial charge in [0.15, 0.2) is 0 Å². The van der Waals surface area contributed by atoms with Crippen LogP contribution in [0, 0.1) is 0 Å². The number of ether oxygens (including phenoxy) is 1. The van der Waals surface area contributed by atoms with Crippen molar-refractivity contribution in [3.05, 3.63) is 24.8 Å². The lowest BCUT2D eigenvalue weighted by molar-refractivity contribution is -0.142. The molecule has 13 heavy (non-hydrogen) atoms. The van der Waals surface area contributed by atoms with E-state index in [4.69, 9.17) is 5.11 Å². The van der Waals surface area contributed by atoms with E-state index < -0.39 is 11.9 Å². The van der Waals surface area contributed by atoms with Gasteiger partial charge < -0.3 is 9.84 Å². The average Bonchev–Trinajstić information content (AvgIpc) is 2.03. The maximum Gasteiger partial charge on any atom is 0.334 e. The largest absolute Gasteiger partial charge is 0.481 e. The van der Waals surface area contributed by atoms with Gasteiger partial charge in [-0.2, -0.15) is 0 Å². The van der Waals surface area contributed by atoms with Crippen LogP contribution in [0.3, 0.4) is 0 Å². The van der Waals surface area contributed by atoms with Gasteiger partial charge in [-0.15, -0.1) is 6.58 Å². The highest BCUT2D eigenvalue weighted by Crippen LogP contribution is 2.01. The fourth-order valence-electron chi connectivity index (χ4n) is 0.592. The van der Waals surface area contributed by atoms with Crippen molar-refractivity contribution in [3.8, 4) is 0 Å². The van der Waals surface area contributed by atoms with E-state index >= 15 is 0 Å². The Morgan fingerprint density at radius 1 is 1.46 bits per heavy atom. The van der Waals surface area contributed by atoms with Crippen LogP contribution in [-0.2, 0) is 14.3 Å². The quantitative estimate of drug-likeness (QED) is 0.291. The summed E-state index contributed by atoms with van der Waals surface area (Å²) in [6.07, 6.45) is 1.77. The summed E-state index contributed by atoms with van der Waals surface area (Å²) in [7, 11) is 0.